The highest BCUT2D eigenvalue weighted by Gasteiger charge is 2.41. The molecule has 1 aliphatic heterocycles. The van der Waals surface area contributed by atoms with Gasteiger partial charge in [-0.15, -0.1) is 0 Å². The molecule has 6 nitrogen and oxygen atoms in total. The Bertz CT molecular complexity index is 875. The predicted octanol–water partition coefficient (Wildman–Crippen LogP) is 1.98. The molecule has 2 aromatic rings. The van der Waals surface area contributed by atoms with E-state index >= 15 is 0 Å². The van der Waals surface area contributed by atoms with Crippen molar-refractivity contribution >= 4 is 23.5 Å². The predicted molar refractivity (Wildman–Crippen MR) is 92.9 cm³/mol. The highest BCUT2D eigenvalue weighted by atomic mass is 35.5. The van der Waals surface area contributed by atoms with Gasteiger partial charge in [-0.3, -0.25) is 14.4 Å². The van der Waals surface area contributed by atoms with Crippen LogP contribution >= 0.6 is 11.6 Å². The zero-order chi connectivity index (χ0) is 18.1. The van der Waals surface area contributed by atoms with E-state index in [0.29, 0.717) is 5.02 Å². The number of likely N-dealkylation sites (tertiary alicyclic amines) is 1. The minimum Gasteiger partial charge on any atom is -0.481 e. The van der Waals surface area contributed by atoms with E-state index < -0.39 is 23.4 Å². The first-order valence-electron chi connectivity index (χ1n) is 7.81. The third kappa shape index (κ3) is 3.30. The molecule has 1 fully saturated rings. The van der Waals surface area contributed by atoms with Crippen LogP contribution in [0, 0.1) is 5.92 Å². The van der Waals surface area contributed by atoms with E-state index in [2.05, 4.69) is 0 Å². The van der Waals surface area contributed by atoms with E-state index in [9.17, 15) is 19.5 Å². The van der Waals surface area contributed by atoms with E-state index in [4.69, 9.17) is 11.6 Å². The first kappa shape index (κ1) is 17.2. The number of pyridine rings is 1. The zero-order valence-electron chi connectivity index (χ0n) is 13.6. The average Bonchev–Trinajstić information content (AvgIpc) is 3.03. The number of carbonyl (C=O) groups excluding carboxylic acids is 1. The lowest BCUT2D eigenvalue weighted by Crippen LogP contribution is -2.35. The summed E-state index contributed by atoms with van der Waals surface area (Å²) in [5.74, 6) is -2.47. The number of hydrogen-bond acceptors (Lipinski definition) is 3. The number of nitrogens with zero attached hydrogens (tertiary/aromatic N) is 2. The van der Waals surface area contributed by atoms with E-state index in [1.165, 1.54) is 15.5 Å². The Morgan fingerprint density at radius 2 is 1.84 bits per heavy atom. The van der Waals surface area contributed by atoms with Gasteiger partial charge < -0.3 is 14.6 Å². The van der Waals surface area contributed by atoms with Crippen LogP contribution in [0.25, 0.3) is 0 Å². The number of carbonyl (C=O) groups is 2. The van der Waals surface area contributed by atoms with Crippen molar-refractivity contribution in [1.82, 2.24) is 9.47 Å². The largest absolute Gasteiger partial charge is 0.481 e. The van der Waals surface area contributed by atoms with Crippen LogP contribution in [0.4, 0.5) is 0 Å². The van der Waals surface area contributed by atoms with Gasteiger partial charge in [0.1, 0.15) is 5.56 Å². The fourth-order valence-corrected chi connectivity index (χ4v) is 3.32. The van der Waals surface area contributed by atoms with Crippen molar-refractivity contribution in [3.63, 3.8) is 0 Å². The van der Waals surface area contributed by atoms with Gasteiger partial charge in [-0.1, -0.05) is 23.7 Å². The minimum absolute atomic E-state index is 0.0471. The van der Waals surface area contributed by atoms with Gasteiger partial charge in [0.05, 0.1) is 5.92 Å². The Hall–Kier alpha value is -2.60. The molecule has 1 aliphatic rings. The Labute approximate surface area is 149 Å². The lowest BCUT2D eigenvalue weighted by atomic mass is 9.89. The lowest BCUT2D eigenvalue weighted by Gasteiger charge is -2.16. The van der Waals surface area contributed by atoms with Crippen molar-refractivity contribution in [1.29, 1.82) is 0 Å². The van der Waals surface area contributed by atoms with E-state index in [1.807, 2.05) is 0 Å². The molecule has 0 unspecified atom stereocenters. The van der Waals surface area contributed by atoms with Gasteiger partial charge in [-0.05, 0) is 29.8 Å². The maximum Gasteiger partial charge on any atom is 0.308 e. The molecular formula is C18H17ClN2O4. The number of carboxylic acids is 1. The van der Waals surface area contributed by atoms with Gasteiger partial charge in [0, 0.05) is 37.3 Å². The Kier molecular flexibility index (Phi) is 4.63. The molecule has 1 amide bonds. The number of rotatable bonds is 3. The van der Waals surface area contributed by atoms with Gasteiger partial charge in [0.25, 0.3) is 11.5 Å². The topological polar surface area (TPSA) is 79.6 Å². The van der Waals surface area contributed by atoms with Gasteiger partial charge in [-0.25, -0.2) is 0 Å². The Balaban J connectivity index is 1.90. The van der Waals surface area contributed by atoms with Crippen molar-refractivity contribution in [3.05, 3.63) is 69.1 Å². The van der Waals surface area contributed by atoms with E-state index in [-0.39, 0.29) is 24.6 Å². The van der Waals surface area contributed by atoms with Crippen molar-refractivity contribution < 1.29 is 14.7 Å². The summed E-state index contributed by atoms with van der Waals surface area (Å²) in [7, 11) is 1.57. The summed E-state index contributed by atoms with van der Waals surface area (Å²) in [4.78, 5) is 38.0. The number of hydrogen-bond donors (Lipinski definition) is 1. The third-order valence-electron chi connectivity index (χ3n) is 4.58. The highest BCUT2D eigenvalue weighted by Crippen LogP contribution is 2.34. The van der Waals surface area contributed by atoms with Crippen molar-refractivity contribution in [2.45, 2.75) is 5.92 Å². The third-order valence-corrected chi connectivity index (χ3v) is 4.83. The van der Waals surface area contributed by atoms with Gasteiger partial charge >= 0.3 is 5.97 Å². The fourth-order valence-electron chi connectivity index (χ4n) is 3.20. The second kappa shape index (κ2) is 6.72. The smallest absolute Gasteiger partial charge is 0.308 e. The van der Waals surface area contributed by atoms with Gasteiger partial charge in [-0.2, -0.15) is 0 Å². The fraction of sp³-hybridized carbons (Fsp3) is 0.278. The monoisotopic (exact) mass is 360 g/mol. The Morgan fingerprint density at radius 1 is 1.16 bits per heavy atom. The normalized spacial score (nSPS) is 19.8. The number of amides is 1. The first-order chi connectivity index (χ1) is 11.9. The summed E-state index contributed by atoms with van der Waals surface area (Å²) < 4.78 is 1.33. The van der Waals surface area contributed by atoms with Crippen molar-refractivity contribution in [3.8, 4) is 0 Å². The molecular weight excluding hydrogens is 344 g/mol. The average molecular weight is 361 g/mol. The Morgan fingerprint density at radius 3 is 2.48 bits per heavy atom. The maximum atomic E-state index is 12.7. The molecule has 1 aromatic heterocycles. The van der Waals surface area contributed by atoms with E-state index in [1.54, 1.807) is 43.6 Å². The molecule has 7 heteroatoms. The summed E-state index contributed by atoms with van der Waals surface area (Å²) in [6.07, 6.45) is 1.57. The van der Waals surface area contributed by atoms with Crippen LogP contribution in [0.3, 0.4) is 0 Å². The zero-order valence-corrected chi connectivity index (χ0v) is 14.3. The van der Waals surface area contributed by atoms with Crippen LogP contribution < -0.4 is 5.56 Å². The number of aliphatic carboxylic acids is 1. The van der Waals surface area contributed by atoms with Crippen molar-refractivity contribution in [2.24, 2.45) is 13.0 Å². The molecule has 1 saturated heterocycles. The molecule has 0 aliphatic carbocycles. The number of benzene rings is 1. The molecule has 1 aromatic carbocycles. The van der Waals surface area contributed by atoms with Gasteiger partial charge in [0.15, 0.2) is 0 Å². The molecule has 0 radical (unpaired) electrons. The van der Waals surface area contributed by atoms with Crippen LogP contribution in [0.15, 0.2) is 47.4 Å². The molecule has 0 bridgehead atoms. The molecule has 25 heavy (non-hydrogen) atoms. The molecule has 0 spiro atoms. The highest BCUT2D eigenvalue weighted by molar-refractivity contribution is 6.30. The van der Waals surface area contributed by atoms with Crippen LogP contribution in [0.2, 0.25) is 5.02 Å². The molecule has 3 rings (SSSR count). The summed E-state index contributed by atoms with van der Waals surface area (Å²) in [5.41, 5.74) is 0.466. The molecule has 130 valence electrons. The number of carboxylic acid groups (broad SMARTS) is 1. The van der Waals surface area contributed by atoms with Crippen LogP contribution in [0.1, 0.15) is 21.8 Å². The first-order valence-corrected chi connectivity index (χ1v) is 8.19. The summed E-state index contributed by atoms with van der Waals surface area (Å²) >= 11 is 5.89. The summed E-state index contributed by atoms with van der Waals surface area (Å²) in [6.45, 7) is 0.314. The van der Waals surface area contributed by atoms with Crippen LogP contribution in [-0.4, -0.2) is 39.5 Å². The quantitative estimate of drug-likeness (QED) is 0.907. The van der Waals surface area contributed by atoms with Crippen molar-refractivity contribution in [2.75, 3.05) is 13.1 Å². The molecule has 0 saturated carbocycles. The van der Waals surface area contributed by atoms with Gasteiger partial charge in [0.2, 0.25) is 0 Å². The molecule has 2 heterocycles. The molecule has 2 atom stereocenters. The lowest BCUT2D eigenvalue weighted by molar-refractivity contribution is -0.141. The maximum absolute atomic E-state index is 12.7. The van der Waals surface area contributed by atoms with Crippen LogP contribution in [0.5, 0.6) is 0 Å². The number of aryl methyl sites for hydroxylation is 1. The second-order valence-electron chi connectivity index (χ2n) is 6.15. The SMILES string of the molecule is Cn1cccc(C(=O)N2C[C@@H](C(=O)O)[C@H](c3ccc(Cl)cc3)C2)c1=O. The number of aromatic nitrogens is 1. The second-order valence-corrected chi connectivity index (χ2v) is 6.59. The van der Waals surface area contributed by atoms with Crippen LogP contribution in [-0.2, 0) is 11.8 Å². The number of halogens is 1. The summed E-state index contributed by atoms with van der Waals surface area (Å²) in [6, 6.07) is 10.0. The molecule has 1 N–H and O–H groups in total. The standard InChI is InChI=1S/C18H17ClN2O4/c1-20-8-2-3-13(16(20)22)17(23)21-9-14(15(10-21)18(24)25)11-4-6-12(19)7-5-11/h2-8,14-15H,9-10H2,1H3,(H,24,25)/t14-,15+/m0/s1. The summed E-state index contributed by atoms with van der Waals surface area (Å²) in [5, 5.41) is 10.1. The van der Waals surface area contributed by atoms with E-state index in [0.717, 1.165) is 5.56 Å². The minimum atomic E-state index is -0.962.